The van der Waals surface area contributed by atoms with E-state index in [0.717, 1.165) is 18.9 Å². The molecule has 3 atom stereocenters. The first-order chi connectivity index (χ1) is 7.51. The molecule has 2 fully saturated rings. The van der Waals surface area contributed by atoms with Crippen LogP contribution in [0.15, 0.2) is 0 Å². The van der Waals surface area contributed by atoms with Crippen molar-refractivity contribution >= 4 is 0 Å². The largest absolute Gasteiger partial charge is 0.349 e. The first-order valence-electron chi connectivity index (χ1n) is 6.80. The second-order valence-corrected chi connectivity index (χ2v) is 6.51. The summed E-state index contributed by atoms with van der Waals surface area (Å²) >= 11 is 0. The zero-order chi connectivity index (χ0) is 11.8. The van der Waals surface area contributed by atoms with Crippen LogP contribution < -0.4 is 0 Å². The Morgan fingerprint density at radius 3 is 2.56 bits per heavy atom. The highest BCUT2D eigenvalue weighted by molar-refractivity contribution is 4.93. The highest BCUT2D eigenvalue weighted by Crippen LogP contribution is 2.44. The van der Waals surface area contributed by atoms with E-state index in [1.807, 2.05) is 0 Å². The molecule has 0 aliphatic carbocycles. The summed E-state index contributed by atoms with van der Waals surface area (Å²) in [6.45, 7) is 9.93. The van der Waals surface area contributed by atoms with Crippen LogP contribution in [0.3, 0.4) is 0 Å². The minimum atomic E-state index is 0.0618. The summed E-state index contributed by atoms with van der Waals surface area (Å²) in [6.07, 6.45) is 4.96. The van der Waals surface area contributed by atoms with Crippen molar-refractivity contribution in [3.8, 4) is 0 Å². The van der Waals surface area contributed by atoms with Crippen LogP contribution >= 0.6 is 0 Å². The van der Waals surface area contributed by atoms with Crippen LogP contribution in [0.4, 0.5) is 0 Å². The first-order valence-corrected chi connectivity index (χ1v) is 6.80. The van der Waals surface area contributed by atoms with E-state index in [1.54, 1.807) is 0 Å². The summed E-state index contributed by atoms with van der Waals surface area (Å²) in [6, 6.07) is 0. The molecule has 0 amide bonds. The Labute approximate surface area is 99.7 Å². The maximum atomic E-state index is 6.19. The lowest BCUT2D eigenvalue weighted by molar-refractivity contribution is -0.160. The molecule has 2 aliphatic rings. The van der Waals surface area contributed by atoms with Gasteiger partial charge in [0.15, 0.2) is 6.29 Å². The Balaban J connectivity index is 1.94. The second-order valence-electron chi connectivity index (χ2n) is 6.51. The van der Waals surface area contributed by atoms with Crippen LogP contribution in [0, 0.1) is 17.8 Å². The highest BCUT2D eigenvalue weighted by atomic mass is 16.7. The SMILES string of the molecule is CC(C)CC1CCC2(CC(C)C)COC1O2. The number of hydrogen-bond acceptors (Lipinski definition) is 2. The zero-order valence-corrected chi connectivity index (χ0v) is 11.2. The molecule has 0 aromatic carbocycles. The summed E-state index contributed by atoms with van der Waals surface area (Å²) in [7, 11) is 0. The molecule has 0 saturated carbocycles. The third-order valence-corrected chi connectivity index (χ3v) is 3.79. The van der Waals surface area contributed by atoms with Crippen molar-refractivity contribution in [2.75, 3.05) is 6.61 Å². The van der Waals surface area contributed by atoms with Crippen LogP contribution in [0.25, 0.3) is 0 Å². The molecule has 0 aromatic rings. The van der Waals surface area contributed by atoms with Crippen molar-refractivity contribution in [2.24, 2.45) is 17.8 Å². The van der Waals surface area contributed by atoms with Crippen LogP contribution in [0.5, 0.6) is 0 Å². The molecule has 2 rings (SSSR count). The fourth-order valence-electron chi connectivity index (χ4n) is 3.28. The average molecular weight is 226 g/mol. The molecule has 2 heteroatoms. The van der Waals surface area contributed by atoms with E-state index in [9.17, 15) is 0 Å². The van der Waals surface area contributed by atoms with Crippen LogP contribution in [0.1, 0.15) is 53.4 Å². The van der Waals surface area contributed by atoms with Crippen molar-refractivity contribution in [2.45, 2.75) is 65.3 Å². The Bertz CT molecular complexity index is 237. The smallest absolute Gasteiger partial charge is 0.161 e. The van der Waals surface area contributed by atoms with E-state index >= 15 is 0 Å². The molecule has 0 spiro atoms. The van der Waals surface area contributed by atoms with Gasteiger partial charge in [0.1, 0.15) is 0 Å². The fraction of sp³-hybridized carbons (Fsp3) is 1.00. The average Bonchev–Trinajstić information content (AvgIpc) is 2.49. The maximum absolute atomic E-state index is 6.19. The van der Waals surface area contributed by atoms with Gasteiger partial charge in [0.05, 0.1) is 12.2 Å². The van der Waals surface area contributed by atoms with Gasteiger partial charge in [-0.05, 0) is 37.5 Å². The summed E-state index contributed by atoms with van der Waals surface area (Å²) < 4.78 is 12.1. The zero-order valence-electron chi connectivity index (χ0n) is 11.2. The summed E-state index contributed by atoms with van der Waals surface area (Å²) in [5.74, 6) is 2.07. The van der Waals surface area contributed by atoms with E-state index in [4.69, 9.17) is 9.47 Å². The molecule has 0 radical (unpaired) electrons. The monoisotopic (exact) mass is 226 g/mol. The summed E-state index contributed by atoms with van der Waals surface area (Å²) in [5.41, 5.74) is 0.0618. The number of ether oxygens (including phenoxy) is 2. The molecule has 0 aromatic heterocycles. The predicted octanol–water partition coefficient (Wildman–Crippen LogP) is 3.60. The molecular formula is C14H26O2. The molecule has 2 nitrogen and oxygen atoms in total. The number of fused-ring (bicyclic) bond motifs is 2. The lowest BCUT2D eigenvalue weighted by Crippen LogP contribution is -2.40. The minimum Gasteiger partial charge on any atom is -0.349 e. The highest BCUT2D eigenvalue weighted by Gasteiger charge is 2.48. The molecule has 3 unspecified atom stereocenters. The summed E-state index contributed by atoms with van der Waals surface area (Å²) in [5, 5.41) is 0. The topological polar surface area (TPSA) is 18.5 Å². The Morgan fingerprint density at radius 2 is 1.94 bits per heavy atom. The van der Waals surface area contributed by atoms with Crippen LogP contribution in [-0.2, 0) is 9.47 Å². The Morgan fingerprint density at radius 1 is 1.19 bits per heavy atom. The standard InChI is InChI=1S/C14H26O2/c1-10(2)7-12-5-6-14(8-11(3)4)9-15-13(12)16-14/h10-13H,5-9H2,1-4H3. The minimum absolute atomic E-state index is 0.0618. The third kappa shape index (κ3) is 2.60. The van der Waals surface area contributed by atoms with E-state index in [2.05, 4.69) is 27.7 Å². The van der Waals surface area contributed by atoms with Gasteiger partial charge in [0, 0.05) is 5.92 Å². The number of rotatable bonds is 4. The molecule has 2 bridgehead atoms. The Hall–Kier alpha value is -0.0800. The van der Waals surface area contributed by atoms with Gasteiger partial charge in [0.2, 0.25) is 0 Å². The third-order valence-electron chi connectivity index (χ3n) is 3.79. The van der Waals surface area contributed by atoms with Crippen molar-refractivity contribution in [3.63, 3.8) is 0 Å². The molecule has 2 aliphatic heterocycles. The predicted molar refractivity (Wildman–Crippen MR) is 65.2 cm³/mol. The quantitative estimate of drug-likeness (QED) is 0.729. The molecule has 16 heavy (non-hydrogen) atoms. The van der Waals surface area contributed by atoms with Crippen molar-refractivity contribution in [3.05, 3.63) is 0 Å². The lowest BCUT2D eigenvalue weighted by atomic mass is 9.82. The van der Waals surface area contributed by atoms with Gasteiger partial charge in [-0.25, -0.2) is 0 Å². The first kappa shape index (κ1) is 12.4. The molecular weight excluding hydrogens is 200 g/mol. The van der Waals surface area contributed by atoms with Crippen LogP contribution in [-0.4, -0.2) is 18.5 Å². The van der Waals surface area contributed by atoms with Gasteiger partial charge in [-0.15, -0.1) is 0 Å². The van der Waals surface area contributed by atoms with E-state index in [-0.39, 0.29) is 11.9 Å². The maximum Gasteiger partial charge on any atom is 0.161 e. The molecule has 94 valence electrons. The molecule has 2 saturated heterocycles. The Kier molecular flexibility index (Phi) is 3.60. The van der Waals surface area contributed by atoms with Gasteiger partial charge in [-0.1, -0.05) is 27.7 Å². The molecule has 0 N–H and O–H groups in total. The molecule has 2 heterocycles. The van der Waals surface area contributed by atoms with E-state index in [0.29, 0.717) is 11.8 Å². The van der Waals surface area contributed by atoms with Crippen molar-refractivity contribution < 1.29 is 9.47 Å². The van der Waals surface area contributed by atoms with E-state index in [1.165, 1.54) is 19.3 Å². The van der Waals surface area contributed by atoms with Gasteiger partial charge >= 0.3 is 0 Å². The second kappa shape index (κ2) is 4.66. The van der Waals surface area contributed by atoms with Crippen molar-refractivity contribution in [1.82, 2.24) is 0 Å². The number of hydrogen-bond donors (Lipinski definition) is 0. The van der Waals surface area contributed by atoms with Crippen LogP contribution in [0.2, 0.25) is 0 Å². The van der Waals surface area contributed by atoms with E-state index < -0.39 is 0 Å². The normalized spacial score (nSPS) is 38.6. The van der Waals surface area contributed by atoms with Crippen molar-refractivity contribution in [1.29, 1.82) is 0 Å². The fourth-order valence-corrected chi connectivity index (χ4v) is 3.28. The summed E-state index contributed by atoms with van der Waals surface area (Å²) in [4.78, 5) is 0. The van der Waals surface area contributed by atoms with Gasteiger partial charge in [0.25, 0.3) is 0 Å². The van der Waals surface area contributed by atoms with Gasteiger partial charge in [-0.3, -0.25) is 0 Å². The van der Waals surface area contributed by atoms with Gasteiger partial charge in [-0.2, -0.15) is 0 Å². The van der Waals surface area contributed by atoms with Gasteiger partial charge < -0.3 is 9.47 Å². The lowest BCUT2D eigenvalue weighted by Gasteiger charge is -2.37.